The Morgan fingerprint density at radius 3 is 2.33 bits per heavy atom. The predicted molar refractivity (Wildman–Crippen MR) is 65.5 cm³/mol. The second-order valence-corrected chi connectivity index (χ2v) is 4.16. The molecule has 3 N–H and O–H groups in total. The molecule has 0 bridgehead atoms. The SMILES string of the molecule is CCC(C)CNCc1ccc(CN)cc1. The third-order valence-electron chi connectivity index (χ3n) is 2.78. The van der Waals surface area contributed by atoms with Crippen molar-refractivity contribution in [2.45, 2.75) is 33.4 Å². The highest BCUT2D eigenvalue weighted by Crippen LogP contribution is 2.04. The lowest BCUT2D eigenvalue weighted by molar-refractivity contribution is 0.500. The van der Waals surface area contributed by atoms with Gasteiger partial charge >= 0.3 is 0 Å². The van der Waals surface area contributed by atoms with E-state index in [1.165, 1.54) is 17.5 Å². The molecular formula is C13H22N2. The van der Waals surface area contributed by atoms with Crippen molar-refractivity contribution in [3.05, 3.63) is 35.4 Å². The molecule has 0 aliphatic carbocycles. The van der Waals surface area contributed by atoms with Gasteiger partial charge in [0.25, 0.3) is 0 Å². The first kappa shape index (κ1) is 12.2. The normalized spacial score (nSPS) is 12.7. The maximum absolute atomic E-state index is 5.54. The Labute approximate surface area is 92.9 Å². The molecule has 1 aromatic carbocycles. The molecule has 2 nitrogen and oxygen atoms in total. The van der Waals surface area contributed by atoms with Crippen molar-refractivity contribution >= 4 is 0 Å². The van der Waals surface area contributed by atoms with Crippen LogP contribution < -0.4 is 11.1 Å². The molecule has 0 aromatic heterocycles. The molecular weight excluding hydrogens is 184 g/mol. The molecule has 1 unspecified atom stereocenters. The second-order valence-electron chi connectivity index (χ2n) is 4.16. The standard InChI is InChI=1S/C13H22N2/c1-3-11(2)9-15-10-13-6-4-12(8-14)5-7-13/h4-7,11,15H,3,8-10,14H2,1-2H3. The van der Waals surface area contributed by atoms with E-state index in [2.05, 4.69) is 43.4 Å². The fraction of sp³-hybridized carbons (Fsp3) is 0.538. The zero-order valence-corrected chi connectivity index (χ0v) is 9.79. The minimum atomic E-state index is 0.626. The highest BCUT2D eigenvalue weighted by Gasteiger charge is 1.98. The zero-order valence-electron chi connectivity index (χ0n) is 9.79. The second kappa shape index (κ2) is 6.59. The molecule has 1 rings (SSSR count). The number of hydrogen-bond acceptors (Lipinski definition) is 2. The van der Waals surface area contributed by atoms with E-state index in [1.807, 2.05) is 0 Å². The zero-order chi connectivity index (χ0) is 11.1. The molecule has 84 valence electrons. The maximum atomic E-state index is 5.54. The molecule has 1 aromatic rings. The molecule has 0 saturated heterocycles. The Morgan fingerprint density at radius 2 is 1.80 bits per heavy atom. The Kier molecular flexibility index (Phi) is 5.37. The van der Waals surface area contributed by atoms with E-state index in [-0.39, 0.29) is 0 Å². The van der Waals surface area contributed by atoms with E-state index < -0.39 is 0 Å². The first-order valence-corrected chi connectivity index (χ1v) is 5.74. The fourth-order valence-corrected chi connectivity index (χ4v) is 1.40. The van der Waals surface area contributed by atoms with Crippen LogP contribution in [0.4, 0.5) is 0 Å². The molecule has 0 spiro atoms. The van der Waals surface area contributed by atoms with Gasteiger partial charge in [-0.2, -0.15) is 0 Å². The quantitative estimate of drug-likeness (QED) is 0.749. The van der Waals surface area contributed by atoms with Crippen LogP contribution in [0.5, 0.6) is 0 Å². The molecule has 0 aliphatic heterocycles. The van der Waals surface area contributed by atoms with Gasteiger partial charge in [0.2, 0.25) is 0 Å². The van der Waals surface area contributed by atoms with Gasteiger partial charge in [-0.1, -0.05) is 44.5 Å². The maximum Gasteiger partial charge on any atom is 0.0205 e. The van der Waals surface area contributed by atoms with Crippen LogP contribution in [0.1, 0.15) is 31.4 Å². The van der Waals surface area contributed by atoms with Crippen molar-refractivity contribution in [2.24, 2.45) is 11.7 Å². The first-order valence-electron chi connectivity index (χ1n) is 5.74. The molecule has 2 heteroatoms. The number of rotatable bonds is 6. The molecule has 0 saturated carbocycles. The van der Waals surface area contributed by atoms with Gasteiger partial charge in [0, 0.05) is 13.1 Å². The van der Waals surface area contributed by atoms with Crippen LogP contribution in [0, 0.1) is 5.92 Å². The van der Waals surface area contributed by atoms with Crippen LogP contribution in [-0.4, -0.2) is 6.54 Å². The summed E-state index contributed by atoms with van der Waals surface area (Å²) in [6, 6.07) is 8.48. The van der Waals surface area contributed by atoms with E-state index >= 15 is 0 Å². The van der Waals surface area contributed by atoms with Crippen molar-refractivity contribution in [3.63, 3.8) is 0 Å². The van der Waals surface area contributed by atoms with Gasteiger partial charge < -0.3 is 11.1 Å². The molecule has 0 heterocycles. The van der Waals surface area contributed by atoms with Gasteiger partial charge in [0.05, 0.1) is 0 Å². The van der Waals surface area contributed by atoms with Gasteiger partial charge in [-0.05, 0) is 23.6 Å². The van der Waals surface area contributed by atoms with Gasteiger partial charge in [-0.15, -0.1) is 0 Å². The van der Waals surface area contributed by atoms with Gasteiger partial charge in [0.1, 0.15) is 0 Å². The van der Waals surface area contributed by atoms with Crippen LogP contribution in [0.25, 0.3) is 0 Å². The monoisotopic (exact) mass is 206 g/mol. The van der Waals surface area contributed by atoms with Crippen LogP contribution in [0.15, 0.2) is 24.3 Å². The summed E-state index contributed by atoms with van der Waals surface area (Å²) in [5.74, 6) is 0.758. The summed E-state index contributed by atoms with van der Waals surface area (Å²) in [6.07, 6.45) is 1.24. The van der Waals surface area contributed by atoms with Crippen LogP contribution in [-0.2, 0) is 13.1 Å². The fourth-order valence-electron chi connectivity index (χ4n) is 1.40. The summed E-state index contributed by atoms with van der Waals surface area (Å²) in [5, 5.41) is 3.46. The predicted octanol–water partition coefficient (Wildman–Crippen LogP) is 2.28. The average molecular weight is 206 g/mol. The lowest BCUT2D eigenvalue weighted by Crippen LogP contribution is -2.20. The highest BCUT2D eigenvalue weighted by atomic mass is 14.8. The van der Waals surface area contributed by atoms with Gasteiger partial charge in [-0.25, -0.2) is 0 Å². The topological polar surface area (TPSA) is 38.0 Å². The lowest BCUT2D eigenvalue weighted by Gasteiger charge is -2.10. The van der Waals surface area contributed by atoms with Crippen LogP contribution in [0.3, 0.4) is 0 Å². The van der Waals surface area contributed by atoms with E-state index in [0.717, 1.165) is 19.0 Å². The van der Waals surface area contributed by atoms with E-state index in [9.17, 15) is 0 Å². The Balaban J connectivity index is 2.31. The molecule has 0 amide bonds. The van der Waals surface area contributed by atoms with Crippen LogP contribution in [0.2, 0.25) is 0 Å². The van der Waals surface area contributed by atoms with Gasteiger partial charge in [-0.3, -0.25) is 0 Å². The first-order chi connectivity index (χ1) is 7.26. The Bertz CT molecular complexity index is 266. The smallest absolute Gasteiger partial charge is 0.0205 e. The molecule has 0 radical (unpaired) electrons. The van der Waals surface area contributed by atoms with Crippen LogP contribution >= 0.6 is 0 Å². The minimum Gasteiger partial charge on any atom is -0.326 e. The summed E-state index contributed by atoms with van der Waals surface area (Å²) in [4.78, 5) is 0. The minimum absolute atomic E-state index is 0.626. The third kappa shape index (κ3) is 4.45. The van der Waals surface area contributed by atoms with Crippen molar-refractivity contribution < 1.29 is 0 Å². The summed E-state index contributed by atoms with van der Waals surface area (Å²) >= 11 is 0. The van der Waals surface area contributed by atoms with Gasteiger partial charge in [0.15, 0.2) is 0 Å². The van der Waals surface area contributed by atoms with E-state index in [4.69, 9.17) is 5.73 Å². The Hall–Kier alpha value is -0.860. The number of benzene rings is 1. The molecule has 15 heavy (non-hydrogen) atoms. The highest BCUT2D eigenvalue weighted by molar-refractivity contribution is 5.22. The third-order valence-corrected chi connectivity index (χ3v) is 2.78. The number of nitrogens with one attached hydrogen (secondary N) is 1. The summed E-state index contributed by atoms with van der Waals surface area (Å²) < 4.78 is 0. The van der Waals surface area contributed by atoms with E-state index in [1.54, 1.807) is 0 Å². The average Bonchev–Trinajstić information content (AvgIpc) is 2.29. The van der Waals surface area contributed by atoms with Crippen molar-refractivity contribution in [1.29, 1.82) is 0 Å². The van der Waals surface area contributed by atoms with Crippen molar-refractivity contribution in [1.82, 2.24) is 5.32 Å². The Morgan fingerprint density at radius 1 is 1.20 bits per heavy atom. The number of nitrogens with two attached hydrogens (primary N) is 1. The number of hydrogen-bond donors (Lipinski definition) is 2. The molecule has 1 atom stereocenters. The summed E-state index contributed by atoms with van der Waals surface area (Å²) in [6.45, 7) is 7.16. The molecule has 0 fully saturated rings. The van der Waals surface area contributed by atoms with E-state index in [0.29, 0.717) is 6.54 Å². The summed E-state index contributed by atoms with van der Waals surface area (Å²) in [5.41, 5.74) is 8.07. The lowest BCUT2D eigenvalue weighted by atomic mass is 10.1. The van der Waals surface area contributed by atoms with Crippen molar-refractivity contribution in [3.8, 4) is 0 Å². The largest absolute Gasteiger partial charge is 0.326 e. The summed E-state index contributed by atoms with van der Waals surface area (Å²) in [7, 11) is 0. The molecule has 0 aliphatic rings. The van der Waals surface area contributed by atoms with Crippen molar-refractivity contribution in [2.75, 3.05) is 6.54 Å².